The predicted molar refractivity (Wildman–Crippen MR) is 72.0 cm³/mol. The topological polar surface area (TPSA) is 78.6 Å². The van der Waals surface area contributed by atoms with Gasteiger partial charge in [0.05, 0.1) is 16.8 Å². The Balaban J connectivity index is 2.35. The Labute approximate surface area is 111 Å². The van der Waals surface area contributed by atoms with E-state index in [-0.39, 0.29) is 5.91 Å². The minimum Gasteiger partial charge on any atom is -0.392 e. The second-order valence-electron chi connectivity index (χ2n) is 4.59. The van der Waals surface area contributed by atoms with Crippen LogP contribution in [0, 0.1) is 0 Å². The van der Waals surface area contributed by atoms with Gasteiger partial charge in [0.1, 0.15) is 6.04 Å². The number of halogens is 1. The molecule has 2 rings (SSSR count). The van der Waals surface area contributed by atoms with Crippen LogP contribution in [0.1, 0.15) is 18.5 Å². The lowest BCUT2D eigenvalue weighted by atomic mass is 10.1. The van der Waals surface area contributed by atoms with Crippen molar-refractivity contribution in [2.24, 2.45) is 5.73 Å². The van der Waals surface area contributed by atoms with Crippen molar-refractivity contribution in [1.29, 1.82) is 0 Å². The summed E-state index contributed by atoms with van der Waals surface area (Å²) in [5.74, 6) is -0.226. The van der Waals surface area contributed by atoms with E-state index in [0.717, 1.165) is 5.69 Å². The van der Waals surface area contributed by atoms with Crippen LogP contribution in [-0.2, 0) is 4.79 Å². The van der Waals surface area contributed by atoms with E-state index in [1.165, 1.54) is 0 Å². The molecule has 5 nitrogen and oxygen atoms in total. The zero-order chi connectivity index (χ0) is 13.4. The van der Waals surface area contributed by atoms with Crippen molar-refractivity contribution >= 4 is 28.9 Å². The van der Waals surface area contributed by atoms with Crippen molar-refractivity contribution in [3.8, 4) is 0 Å². The molecule has 0 aromatic heterocycles. The third kappa shape index (κ3) is 2.29. The van der Waals surface area contributed by atoms with Crippen LogP contribution in [0.2, 0.25) is 5.02 Å². The highest BCUT2D eigenvalue weighted by molar-refractivity contribution is 6.33. The highest BCUT2D eigenvalue weighted by Gasteiger charge is 2.28. The molecule has 4 N–H and O–H groups in total. The number of nitrogens with two attached hydrogens (primary N) is 1. The molecule has 0 fully saturated rings. The van der Waals surface area contributed by atoms with Gasteiger partial charge in [-0.05, 0) is 19.1 Å². The number of amides is 1. The minimum atomic E-state index is -0.659. The summed E-state index contributed by atoms with van der Waals surface area (Å²) in [5, 5.41) is 12.6. The van der Waals surface area contributed by atoms with Gasteiger partial charge in [0.25, 0.3) is 0 Å². The smallest absolute Gasteiger partial charge is 0.245 e. The van der Waals surface area contributed by atoms with Crippen molar-refractivity contribution in [3.63, 3.8) is 0 Å². The van der Waals surface area contributed by atoms with Gasteiger partial charge in [0, 0.05) is 24.8 Å². The van der Waals surface area contributed by atoms with Crippen LogP contribution >= 0.6 is 11.6 Å². The number of rotatable bonds is 3. The van der Waals surface area contributed by atoms with Crippen molar-refractivity contribution < 1.29 is 9.90 Å². The Morgan fingerprint density at radius 2 is 2.28 bits per heavy atom. The Morgan fingerprint density at radius 1 is 1.61 bits per heavy atom. The van der Waals surface area contributed by atoms with Crippen molar-refractivity contribution in [2.45, 2.75) is 19.1 Å². The molecule has 2 unspecified atom stereocenters. The number of carbonyl (C=O) groups is 1. The summed E-state index contributed by atoms with van der Waals surface area (Å²) < 4.78 is 0. The number of aliphatic hydroxyl groups excluding tert-OH is 1. The number of carbonyl (C=O) groups excluding carboxylic acids is 1. The third-order valence-corrected chi connectivity index (χ3v) is 3.25. The number of anilines is 2. The standard InChI is InChI=1S/C12H16ClN3O2/c1-6(17)5-16(2)10-4-9-7(3-8(10)13)11(14)12(18)15-9/h3-4,6,11,17H,5,14H2,1-2H3,(H,15,18). The Kier molecular flexibility index (Phi) is 3.47. The molecule has 98 valence electrons. The molecule has 1 aromatic carbocycles. The van der Waals surface area contributed by atoms with Crippen LogP contribution < -0.4 is 16.0 Å². The van der Waals surface area contributed by atoms with Crippen molar-refractivity contribution in [2.75, 3.05) is 23.8 Å². The molecule has 6 heteroatoms. The number of hydrogen-bond donors (Lipinski definition) is 3. The Morgan fingerprint density at radius 3 is 2.89 bits per heavy atom. The summed E-state index contributed by atoms with van der Waals surface area (Å²) in [6.45, 7) is 2.16. The molecule has 2 atom stereocenters. The quantitative estimate of drug-likeness (QED) is 0.768. The first-order valence-electron chi connectivity index (χ1n) is 5.69. The molecule has 1 heterocycles. The first kappa shape index (κ1) is 13.1. The fourth-order valence-electron chi connectivity index (χ4n) is 2.08. The fourth-order valence-corrected chi connectivity index (χ4v) is 2.40. The predicted octanol–water partition coefficient (Wildman–Crippen LogP) is 1.11. The first-order chi connectivity index (χ1) is 8.40. The largest absolute Gasteiger partial charge is 0.392 e. The average Bonchev–Trinajstić information content (AvgIpc) is 2.53. The van der Waals surface area contributed by atoms with Crippen LogP contribution in [0.3, 0.4) is 0 Å². The van der Waals surface area contributed by atoms with Crippen molar-refractivity contribution in [1.82, 2.24) is 0 Å². The number of aliphatic hydroxyl groups is 1. The summed E-state index contributed by atoms with van der Waals surface area (Å²) >= 11 is 6.18. The Bertz CT molecular complexity index is 490. The molecule has 0 radical (unpaired) electrons. The molecule has 18 heavy (non-hydrogen) atoms. The first-order valence-corrected chi connectivity index (χ1v) is 6.07. The average molecular weight is 270 g/mol. The number of fused-ring (bicyclic) bond motifs is 1. The molecular formula is C12H16ClN3O2. The second-order valence-corrected chi connectivity index (χ2v) is 4.99. The van der Waals surface area contributed by atoms with Gasteiger partial charge in [0.15, 0.2) is 0 Å². The SMILES string of the molecule is CC(O)CN(C)c1cc2c(cc1Cl)C(N)C(=O)N2. The second kappa shape index (κ2) is 4.76. The summed E-state index contributed by atoms with van der Waals surface area (Å²) in [6.07, 6.45) is -0.462. The van der Waals surface area contributed by atoms with E-state index in [4.69, 9.17) is 17.3 Å². The van der Waals surface area contributed by atoms with E-state index in [1.54, 1.807) is 19.1 Å². The fraction of sp³-hybridized carbons (Fsp3) is 0.417. The van der Waals surface area contributed by atoms with Crippen molar-refractivity contribution in [3.05, 3.63) is 22.7 Å². The molecule has 1 aliphatic heterocycles. The monoisotopic (exact) mass is 269 g/mol. The summed E-state index contributed by atoms with van der Waals surface area (Å²) in [5.41, 5.74) is 7.89. The molecule has 0 saturated carbocycles. The summed E-state index contributed by atoms with van der Waals surface area (Å²) in [6, 6.07) is 2.83. The molecule has 1 aliphatic rings. The normalized spacial score (nSPS) is 19.4. The van der Waals surface area contributed by atoms with Crippen LogP contribution in [0.5, 0.6) is 0 Å². The molecule has 0 bridgehead atoms. The van der Waals surface area contributed by atoms with Crippen LogP contribution in [-0.4, -0.2) is 30.7 Å². The highest BCUT2D eigenvalue weighted by Crippen LogP contribution is 2.37. The molecular weight excluding hydrogens is 254 g/mol. The van der Waals surface area contributed by atoms with E-state index >= 15 is 0 Å². The maximum absolute atomic E-state index is 11.5. The van der Waals surface area contributed by atoms with E-state index in [0.29, 0.717) is 22.8 Å². The van der Waals surface area contributed by atoms with E-state index < -0.39 is 12.1 Å². The van der Waals surface area contributed by atoms with Gasteiger partial charge in [0.2, 0.25) is 5.91 Å². The van der Waals surface area contributed by atoms with Gasteiger partial charge >= 0.3 is 0 Å². The summed E-state index contributed by atoms with van der Waals surface area (Å²) in [7, 11) is 1.83. The molecule has 0 spiro atoms. The molecule has 0 saturated heterocycles. The number of likely N-dealkylation sites (N-methyl/N-ethyl adjacent to an activating group) is 1. The zero-order valence-electron chi connectivity index (χ0n) is 10.3. The van der Waals surface area contributed by atoms with E-state index in [1.807, 2.05) is 11.9 Å². The number of hydrogen-bond acceptors (Lipinski definition) is 4. The van der Waals surface area contributed by atoms with Gasteiger partial charge in [-0.2, -0.15) is 0 Å². The number of nitrogens with zero attached hydrogens (tertiary/aromatic N) is 1. The number of benzene rings is 1. The third-order valence-electron chi connectivity index (χ3n) is 2.94. The minimum absolute atomic E-state index is 0.226. The van der Waals surface area contributed by atoms with Gasteiger partial charge in [-0.3, -0.25) is 4.79 Å². The van der Waals surface area contributed by atoms with Crippen LogP contribution in [0.25, 0.3) is 0 Å². The van der Waals surface area contributed by atoms with Crippen LogP contribution in [0.15, 0.2) is 12.1 Å². The van der Waals surface area contributed by atoms with Gasteiger partial charge in [-0.15, -0.1) is 0 Å². The maximum Gasteiger partial charge on any atom is 0.245 e. The van der Waals surface area contributed by atoms with E-state index in [2.05, 4.69) is 5.32 Å². The van der Waals surface area contributed by atoms with Gasteiger partial charge < -0.3 is 21.1 Å². The molecule has 1 amide bonds. The van der Waals surface area contributed by atoms with Gasteiger partial charge in [-0.25, -0.2) is 0 Å². The molecule has 0 aliphatic carbocycles. The van der Waals surface area contributed by atoms with E-state index in [9.17, 15) is 9.90 Å². The lowest BCUT2D eigenvalue weighted by Crippen LogP contribution is -2.27. The zero-order valence-corrected chi connectivity index (χ0v) is 11.0. The summed E-state index contributed by atoms with van der Waals surface area (Å²) in [4.78, 5) is 13.3. The lowest BCUT2D eigenvalue weighted by molar-refractivity contribution is -0.116. The highest BCUT2D eigenvalue weighted by atomic mass is 35.5. The Hall–Kier alpha value is -1.30. The van der Waals surface area contributed by atoms with Gasteiger partial charge in [-0.1, -0.05) is 11.6 Å². The maximum atomic E-state index is 11.5. The number of nitrogens with one attached hydrogen (secondary N) is 1. The van der Waals surface area contributed by atoms with Crippen LogP contribution in [0.4, 0.5) is 11.4 Å². The molecule has 1 aromatic rings. The lowest BCUT2D eigenvalue weighted by Gasteiger charge is -2.23.